The van der Waals surface area contributed by atoms with Crippen molar-refractivity contribution in [2.45, 2.75) is 32.2 Å². The Morgan fingerprint density at radius 3 is 2.87 bits per heavy atom. The smallest absolute Gasteiger partial charge is 0.228 e. The van der Waals surface area contributed by atoms with Crippen molar-refractivity contribution in [3.63, 3.8) is 0 Å². The number of hydrogen-bond acceptors (Lipinski definition) is 2. The van der Waals surface area contributed by atoms with E-state index in [1.165, 1.54) is 19.3 Å². The van der Waals surface area contributed by atoms with Gasteiger partial charge in [-0.25, -0.2) is 4.68 Å². The first-order valence-corrected chi connectivity index (χ1v) is 9.06. The van der Waals surface area contributed by atoms with Crippen LogP contribution in [0.5, 0.6) is 0 Å². The predicted octanol–water partition coefficient (Wildman–Crippen LogP) is 4.07. The second kappa shape index (κ2) is 6.11. The van der Waals surface area contributed by atoms with Crippen LogP contribution in [0.4, 0.5) is 5.82 Å². The molecule has 5 heteroatoms. The van der Waals surface area contributed by atoms with Crippen molar-refractivity contribution >= 4 is 27.7 Å². The largest absolute Gasteiger partial charge is 0.311 e. The number of anilines is 1. The SMILES string of the molecule is O=C(Nc1ccnn1Cc1ccccc1Br)[C@@H]1C[C@H]2CC[C@H]1C2. The molecule has 3 atom stereocenters. The van der Waals surface area contributed by atoms with E-state index in [1.807, 2.05) is 28.9 Å². The lowest BCUT2D eigenvalue weighted by atomic mass is 9.88. The number of amides is 1. The lowest BCUT2D eigenvalue weighted by Crippen LogP contribution is -2.28. The molecule has 120 valence electrons. The lowest BCUT2D eigenvalue weighted by Gasteiger charge is -2.21. The van der Waals surface area contributed by atoms with Gasteiger partial charge in [0.2, 0.25) is 5.91 Å². The molecule has 23 heavy (non-hydrogen) atoms. The number of aromatic nitrogens is 2. The molecule has 0 saturated heterocycles. The van der Waals surface area contributed by atoms with E-state index in [9.17, 15) is 4.79 Å². The number of nitrogens with zero attached hydrogens (tertiary/aromatic N) is 2. The van der Waals surface area contributed by atoms with Crippen molar-refractivity contribution in [2.24, 2.45) is 17.8 Å². The number of benzene rings is 1. The Morgan fingerprint density at radius 2 is 2.13 bits per heavy atom. The molecule has 0 unspecified atom stereocenters. The van der Waals surface area contributed by atoms with Gasteiger partial charge in [-0.2, -0.15) is 5.10 Å². The molecule has 1 amide bonds. The van der Waals surface area contributed by atoms with E-state index in [4.69, 9.17) is 0 Å². The topological polar surface area (TPSA) is 46.9 Å². The predicted molar refractivity (Wildman–Crippen MR) is 93.0 cm³/mol. The van der Waals surface area contributed by atoms with Gasteiger partial charge >= 0.3 is 0 Å². The van der Waals surface area contributed by atoms with Gasteiger partial charge in [0.15, 0.2) is 0 Å². The Labute approximate surface area is 144 Å². The summed E-state index contributed by atoms with van der Waals surface area (Å²) in [5.41, 5.74) is 1.15. The molecule has 1 N–H and O–H groups in total. The number of carbonyl (C=O) groups excluding carboxylic acids is 1. The van der Waals surface area contributed by atoms with Crippen LogP contribution in [-0.2, 0) is 11.3 Å². The van der Waals surface area contributed by atoms with Crippen molar-refractivity contribution < 1.29 is 4.79 Å². The molecule has 4 nitrogen and oxygen atoms in total. The van der Waals surface area contributed by atoms with Crippen molar-refractivity contribution in [3.05, 3.63) is 46.6 Å². The first kappa shape index (κ1) is 14.9. The highest BCUT2D eigenvalue weighted by Crippen LogP contribution is 2.48. The minimum atomic E-state index is 0.172. The molecule has 2 fully saturated rings. The van der Waals surface area contributed by atoms with Gasteiger partial charge in [0.05, 0.1) is 12.7 Å². The van der Waals surface area contributed by atoms with Gasteiger partial charge in [0.1, 0.15) is 5.82 Å². The highest BCUT2D eigenvalue weighted by atomic mass is 79.9. The second-order valence-corrected chi connectivity index (χ2v) is 7.59. The van der Waals surface area contributed by atoms with Gasteiger partial charge < -0.3 is 5.32 Å². The van der Waals surface area contributed by atoms with E-state index < -0.39 is 0 Å². The summed E-state index contributed by atoms with van der Waals surface area (Å²) in [6.45, 7) is 0.640. The van der Waals surface area contributed by atoms with Crippen molar-refractivity contribution in [2.75, 3.05) is 5.32 Å². The Kier molecular flexibility index (Phi) is 3.97. The van der Waals surface area contributed by atoms with Crippen LogP contribution in [0, 0.1) is 17.8 Å². The Morgan fingerprint density at radius 1 is 1.26 bits per heavy atom. The minimum Gasteiger partial charge on any atom is -0.311 e. The fourth-order valence-corrected chi connectivity index (χ4v) is 4.55. The fraction of sp³-hybridized carbons (Fsp3) is 0.444. The number of nitrogens with one attached hydrogen (secondary N) is 1. The van der Waals surface area contributed by atoms with Crippen LogP contribution in [0.1, 0.15) is 31.2 Å². The van der Waals surface area contributed by atoms with E-state index in [0.29, 0.717) is 12.5 Å². The summed E-state index contributed by atoms with van der Waals surface area (Å²) >= 11 is 3.56. The third-order valence-corrected chi connectivity index (χ3v) is 6.09. The van der Waals surface area contributed by atoms with Crippen LogP contribution < -0.4 is 5.32 Å². The summed E-state index contributed by atoms with van der Waals surface area (Å²) in [5, 5.41) is 7.46. The molecular formula is C18H20BrN3O. The van der Waals surface area contributed by atoms with Gasteiger partial charge in [-0.15, -0.1) is 0 Å². The van der Waals surface area contributed by atoms with E-state index in [0.717, 1.165) is 28.2 Å². The quantitative estimate of drug-likeness (QED) is 0.877. The zero-order valence-electron chi connectivity index (χ0n) is 12.9. The summed E-state index contributed by atoms with van der Waals surface area (Å²) in [6.07, 6.45) is 6.59. The third-order valence-electron chi connectivity index (χ3n) is 5.32. The van der Waals surface area contributed by atoms with Crippen molar-refractivity contribution in [1.82, 2.24) is 9.78 Å². The molecule has 4 rings (SSSR count). The maximum atomic E-state index is 12.6. The molecule has 1 aromatic carbocycles. The highest BCUT2D eigenvalue weighted by molar-refractivity contribution is 9.10. The summed E-state index contributed by atoms with van der Waals surface area (Å²) in [4.78, 5) is 12.6. The van der Waals surface area contributed by atoms with Gasteiger partial charge in [0, 0.05) is 16.5 Å². The minimum absolute atomic E-state index is 0.172. The average Bonchev–Trinajstić information content (AvgIpc) is 3.27. The van der Waals surface area contributed by atoms with E-state index in [1.54, 1.807) is 6.20 Å². The standard InChI is InChI=1S/C18H20BrN3O/c19-16-4-2-1-3-14(16)11-22-17(7-8-20-22)21-18(23)15-10-12-5-6-13(15)9-12/h1-4,7-8,12-13,15H,5-6,9-11H2,(H,21,23)/t12-,13-,15+/m0/s1. The zero-order valence-corrected chi connectivity index (χ0v) is 14.5. The maximum Gasteiger partial charge on any atom is 0.228 e. The molecule has 2 saturated carbocycles. The molecule has 0 spiro atoms. The van der Waals surface area contributed by atoms with Gasteiger partial charge in [-0.3, -0.25) is 4.79 Å². The van der Waals surface area contributed by atoms with Crippen LogP contribution in [0.3, 0.4) is 0 Å². The van der Waals surface area contributed by atoms with Crippen molar-refractivity contribution in [1.29, 1.82) is 0 Å². The highest BCUT2D eigenvalue weighted by Gasteiger charge is 2.43. The van der Waals surface area contributed by atoms with Crippen molar-refractivity contribution in [3.8, 4) is 0 Å². The normalized spacial score (nSPS) is 25.7. The third kappa shape index (κ3) is 2.94. The molecule has 0 aliphatic heterocycles. The van der Waals surface area contributed by atoms with E-state index in [-0.39, 0.29) is 11.8 Å². The number of hydrogen-bond donors (Lipinski definition) is 1. The van der Waals surface area contributed by atoms with E-state index in [2.05, 4.69) is 32.4 Å². The van der Waals surface area contributed by atoms with Crippen LogP contribution in [0.25, 0.3) is 0 Å². The Bertz CT molecular complexity index is 727. The first-order valence-electron chi connectivity index (χ1n) is 8.27. The van der Waals surface area contributed by atoms with Crippen LogP contribution in [-0.4, -0.2) is 15.7 Å². The Hall–Kier alpha value is -1.62. The monoisotopic (exact) mass is 373 g/mol. The molecule has 2 aromatic rings. The second-order valence-electron chi connectivity index (χ2n) is 6.74. The van der Waals surface area contributed by atoms with Gasteiger partial charge in [-0.05, 0) is 42.7 Å². The van der Waals surface area contributed by atoms with Gasteiger partial charge in [0.25, 0.3) is 0 Å². The molecule has 2 bridgehead atoms. The number of halogens is 1. The molecule has 1 aromatic heterocycles. The molecule has 0 radical (unpaired) electrons. The number of fused-ring (bicyclic) bond motifs is 2. The fourth-order valence-electron chi connectivity index (χ4n) is 4.14. The van der Waals surface area contributed by atoms with Crippen LogP contribution in [0.2, 0.25) is 0 Å². The number of rotatable bonds is 4. The summed E-state index contributed by atoms with van der Waals surface area (Å²) in [5.74, 6) is 2.53. The Balaban J connectivity index is 1.47. The summed E-state index contributed by atoms with van der Waals surface area (Å²) in [6, 6.07) is 9.97. The number of carbonyl (C=O) groups is 1. The molecule has 2 aliphatic carbocycles. The summed E-state index contributed by atoms with van der Waals surface area (Å²) in [7, 11) is 0. The first-order chi connectivity index (χ1) is 11.2. The van der Waals surface area contributed by atoms with Crippen LogP contribution >= 0.6 is 15.9 Å². The molecule has 1 heterocycles. The molecular weight excluding hydrogens is 354 g/mol. The zero-order chi connectivity index (χ0) is 15.8. The summed E-state index contributed by atoms with van der Waals surface area (Å²) < 4.78 is 2.91. The lowest BCUT2D eigenvalue weighted by molar-refractivity contribution is -0.121. The van der Waals surface area contributed by atoms with Crippen LogP contribution in [0.15, 0.2) is 41.0 Å². The molecule has 2 aliphatic rings. The van der Waals surface area contributed by atoms with E-state index >= 15 is 0 Å². The maximum absolute atomic E-state index is 12.6. The van der Waals surface area contributed by atoms with Gasteiger partial charge in [-0.1, -0.05) is 40.5 Å². The average molecular weight is 374 g/mol.